The summed E-state index contributed by atoms with van der Waals surface area (Å²) >= 11 is 6.26. The number of allylic oxidation sites excluding steroid dienone is 1. The number of aliphatic imine (C=N–C) groups is 1. The molecule has 0 radical (unpaired) electrons. The van der Waals surface area contributed by atoms with Gasteiger partial charge in [0.2, 0.25) is 0 Å². The van der Waals surface area contributed by atoms with Gasteiger partial charge in [-0.1, -0.05) is 11.6 Å². The van der Waals surface area contributed by atoms with E-state index in [1.54, 1.807) is 19.5 Å². The fourth-order valence-electron chi connectivity index (χ4n) is 3.42. The van der Waals surface area contributed by atoms with Crippen LogP contribution < -0.4 is 9.64 Å². The summed E-state index contributed by atoms with van der Waals surface area (Å²) in [6.45, 7) is 5.36. The third kappa shape index (κ3) is 3.80. The molecule has 8 heteroatoms. The maximum Gasteiger partial charge on any atom is 0.188 e. The van der Waals surface area contributed by atoms with Crippen molar-refractivity contribution in [3.8, 4) is 5.75 Å². The largest absolute Gasteiger partial charge is 0.484 e. The highest BCUT2D eigenvalue weighted by Crippen LogP contribution is 2.30. The van der Waals surface area contributed by atoms with E-state index in [2.05, 4.69) is 30.9 Å². The van der Waals surface area contributed by atoms with Crippen molar-refractivity contribution in [3.63, 3.8) is 0 Å². The van der Waals surface area contributed by atoms with Gasteiger partial charge >= 0.3 is 0 Å². The number of aryl methyl sites for hydroxylation is 1. The Labute approximate surface area is 169 Å². The second-order valence-corrected chi connectivity index (χ2v) is 7.24. The van der Waals surface area contributed by atoms with Crippen molar-refractivity contribution in [1.82, 2.24) is 15.0 Å². The average Bonchev–Trinajstić information content (AvgIpc) is 2.70. The number of methoxy groups -OCH3 is 1. The molecular weight excluding hydrogens is 378 g/mol. The summed E-state index contributed by atoms with van der Waals surface area (Å²) in [6, 6.07) is 2.05. The van der Waals surface area contributed by atoms with Gasteiger partial charge in [-0.15, -0.1) is 0 Å². The Morgan fingerprint density at radius 3 is 2.75 bits per heavy atom. The van der Waals surface area contributed by atoms with Gasteiger partial charge in [-0.2, -0.15) is 0 Å². The van der Waals surface area contributed by atoms with Gasteiger partial charge < -0.3 is 14.4 Å². The van der Waals surface area contributed by atoms with E-state index in [0.717, 1.165) is 65.9 Å². The van der Waals surface area contributed by atoms with Gasteiger partial charge in [0.25, 0.3) is 0 Å². The summed E-state index contributed by atoms with van der Waals surface area (Å²) in [5.74, 6) is 3.80. The van der Waals surface area contributed by atoms with Crippen molar-refractivity contribution in [2.24, 2.45) is 4.99 Å². The molecule has 4 rings (SSSR count). The third-order valence-corrected chi connectivity index (χ3v) is 5.28. The van der Waals surface area contributed by atoms with Crippen LogP contribution in [0.3, 0.4) is 0 Å². The van der Waals surface area contributed by atoms with Gasteiger partial charge in [-0.05, 0) is 25.5 Å². The van der Waals surface area contributed by atoms with Crippen molar-refractivity contribution in [2.45, 2.75) is 39.7 Å². The molecule has 28 heavy (non-hydrogen) atoms. The van der Waals surface area contributed by atoms with Crippen LogP contribution in [0.1, 0.15) is 35.5 Å². The number of hydrogen-bond donors (Lipinski definition) is 0. The van der Waals surface area contributed by atoms with E-state index < -0.39 is 0 Å². The molecule has 0 fully saturated rings. The molecule has 0 spiro atoms. The van der Waals surface area contributed by atoms with Crippen LogP contribution in [0.4, 0.5) is 5.82 Å². The molecule has 2 aliphatic heterocycles. The molecule has 4 heterocycles. The normalized spacial score (nSPS) is 16.2. The van der Waals surface area contributed by atoms with Crippen LogP contribution in [0.15, 0.2) is 29.2 Å². The first-order chi connectivity index (χ1) is 13.5. The number of pyridine rings is 1. The van der Waals surface area contributed by atoms with Crippen molar-refractivity contribution >= 4 is 23.3 Å². The van der Waals surface area contributed by atoms with Gasteiger partial charge in [0.15, 0.2) is 5.90 Å². The minimum atomic E-state index is 0.503. The molecule has 0 unspecified atom stereocenters. The van der Waals surface area contributed by atoms with Crippen LogP contribution in [0.2, 0.25) is 5.15 Å². The van der Waals surface area contributed by atoms with Crippen LogP contribution >= 0.6 is 11.6 Å². The molecule has 146 valence electrons. The first-order valence-electron chi connectivity index (χ1n) is 9.24. The first kappa shape index (κ1) is 18.7. The lowest BCUT2D eigenvalue weighted by Crippen LogP contribution is -2.32. The minimum absolute atomic E-state index is 0.503. The van der Waals surface area contributed by atoms with Crippen LogP contribution in [0.5, 0.6) is 5.75 Å². The maximum atomic E-state index is 6.26. The molecule has 0 saturated heterocycles. The number of fused-ring (bicyclic) bond motifs is 1. The maximum absolute atomic E-state index is 6.26. The van der Waals surface area contributed by atoms with Crippen LogP contribution in [0, 0.1) is 13.8 Å². The van der Waals surface area contributed by atoms with Crippen LogP contribution in [-0.2, 0) is 17.7 Å². The van der Waals surface area contributed by atoms with Crippen molar-refractivity contribution in [2.75, 3.05) is 18.6 Å². The first-order valence-corrected chi connectivity index (χ1v) is 9.62. The highest BCUT2D eigenvalue weighted by molar-refractivity contribution is 6.30. The minimum Gasteiger partial charge on any atom is -0.484 e. The van der Waals surface area contributed by atoms with E-state index in [-0.39, 0.29) is 0 Å². The van der Waals surface area contributed by atoms with Crippen molar-refractivity contribution < 1.29 is 9.47 Å². The standard InChI is InChI=1S/C20H22ClN5O2/c1-12-19(21)24-13(2)25-20(12)26-7-6-17-14(11-26)8-16(10-22-17)28-15-4-5-18(27-3)23-9-15/h8-10H,4-7,11H2,1-3H3. The second-order valence-electron chi connectivity index (χ2n) is 6.88. The van der Waals surface area contributed by atoms with Gasteiger partial charge in [0.1, 0.15) is 28.3 Å². The third-order valence-electron chi connectivity index (χ3n) is 4.91. The zero-order chi connectivity index (χ0) is 19.7. The molecule has 0 amide bonds. The molecule has 0 atom stereocenters. The molecule has 0 aliphatic carbocycles. The van der Waals surface area contributed by atoms with E-state index in [4.69, 9.17) is 21.1 Å². The van der Waals surface area contributed by atoms with Crippen LogP contribution in [0.25, 0.3) is 0 Å². The molecule has 7 nitrogen and oxygen atoms in total. The number of ether oxygens (including phenoxy) is 2. The fourth-order valence-corrected chi connectivity index (χ4v) is 3.62. The smallest absolute Gasteiger partial charge is 0.188 e. The number of hydrogen-bond acceptors (Lipinski definition) is 7. The molecular formula is C20H22ClN5O2. The monoisotopic (exact) mass is 399 g/mol. The molecule has 0 saturated carbocycles. The molecule has 2 aromatic heterocycles. The highest BCUT2D eigenvalue weighted by atomic mass is 35.5. The summed E-state index contributed by atoms with van der Waals surface area (Å²) in [5, 5.41) is 0.503. The van der Waals surface area contributed by atoms with E-state index in [9.17, 15) is 0 Å². The zero-order valence-electron chi connectivity index (χ0n) is 16.2. The summed E-state index contributed by atoms with van der Waals surface area (Å²) in [5.41, 5.74) is 3.12. The van der Waals surface area contributed by atoms with Crippen molar-refractivity contribution in [1.29, 1.82) is 0 Å². The molecule has 0 aromatic carbocycles. The Balaban J connectivity index is 1.55. The van der Waals surface area contributed by atoms with E-state index in [1.165, 1.54) is 0 Å². The Morgan fingerprint density at radius 1 is 1.14 bits per heavy atom. The van der Waals surface area contributed by atoms with E-state index in [0.29, 0.717) is 17.5 Å². The number of aromatic nitrogens is 3. The number of anilines is 1. The topological polar surface area (TPSA) is 72.7 Å². The quantitative estimate of drug-likeness (QED) is 0.731. The van der Waals surface area contributed by atoms with E-state index >= 15 is 0 Å². The average molecular weight is 400 g/mol. The second kappa shape index (κ2) is 7.75. The van der Waals surface area contributed by atoms with Crippen LogP contribution in [-0.4, -0.2) is 34.5 Å². The predicted molar refractivity (Wildman–Crippen MR) is 108 cm³/mol. The van der Waals surface area contributed by atoms with Crippen molar-refractivity contribution in [3.05, 3.63) is 52.0 Å². The lowest BCUT2D eigenvalue weighted by Gasteiger charge is -2.30. The lowest BCUT2D eigenvalue weighted by molar-refractivity contribution is 0.363. The molecule has 2 aliphatic rings. The van der Waals surface area contributed by atoms with Gasteiger partial charge in [0, 0.05) is 43.6 Å². The predicted octanol–water partition coefficient (Wildman–Crippen LogP) is 3.76. The van der Waals surface area contributed by atoms with Gasteiger partial charge in [-0.25, -0.2) is 15.0 Å². The molecule has 0 bridgehead atoms. The molecule has 2 aromatic rings. The zero-order valence-corrected chi connectivity index (χ0v) is 17.0. The number of halogens is 1. The Morgan fingerprint density at radius 2 is 2.00 bits per heavy atom. The summed E-state index contributed by atoms with van der Waals surface area (Å²) in [6.07, 6.45) is 5.83. The number of rotatable bonds is 3. The molecule has 0 N–H and O–H groups in total. The fraction of sp³-hybridized carbons (Fsp3) is 0.400. The summed E-state index contributed by atoms with van der Waals surface area (Å²) in [7, 11) is 1.63. The van der Waals surface area contributed by atoms with Gasteiger partial charge in [0.05, 0.1) is 19.5 Å². The Hall–Kier alpha value is -2.67. The Bertz CT molecular complexity index is 973. The lowest BCUT2D eigenvalue weighted by atomic mass is 10.1. The van der Waals surface area contributed by atoms with Gasteiger partial charge in [-0.3, -0.25) is 4.98 Å². The van der Waals surface area contributed by atoms with E-state index in [1.807, 2.05) is 13.8 Å². The SMILES string of the molecule is COC1=NC=C(Oc2cnc3c(c2)CN(c2nc(C)nc(Cl)c2C)CC3)CC1. The summed E-state index contributed by atoms with van der Waals surface area (Å²) < 4.78 is 11.1. The highest BCUT2D eigenvalue weighted by Gasteiger charge is 2.22. The number of nitrogens with zero attached hydrogens (tertiary/aromatic N) is 5. The summed E-state index contributed by atoms with van der Waals surface area (Å²) in [4.78, 5) is 19.9. The Kier molecular flexibility index (Phi) is 5.17.